The van der Waals surface area contributed by atoms with Crippen molar-refractivity contribution >= 4 is 5.69 Å². The highest BCUT2D eigenvalue weighted by atomic mass is 15.2. The largest absolute Gasteiger partial charge is 0.382 e. The Labute approximate surface area is 110 Å². The van der Waals surface area contributed by atoms with Crippen LogP contribution in [0.3, 0.4) is 0 Å². The van der Waals surface area contributed by atoms with Crippen molar-refractivity contribution in [3.8, 4) is 0 Å². The monoisotopic (exact) mass is 244 g/mol. The molecule has 3 rings (SSSR count). The Morgan fingerprint density at radius 1 is 1.00 bits per heavy atom. The minimum Gasteiger partial charge on any atom is -0.382 e. The fraction of sp³-hybridized carbons (Fsp3) is 0.625. The number of para-hydroxylation sites is 1. The molecular formula is C16H24N2. The standard InChI is InChI=1S/C16H24N2/c1-18-15-9-5-6-10-16(18)12-14(11-15)17-13-7-3-2-4-8-13/h2-4,7-8,14-17H,5-6,9-12H2,1H3. The summed E-state index contributed by atoms with van der Waals surface area (Å²) in [4.78, 5) is 2.65. The summed E-state index contributed by atoms with van der Waals surface area (Å²) in [5, 5.41) is 3.73. The molecule has 0 saturated carbocycles. The smallest absolute Gasteiger partial charge is 0.0342 e. The molecule has 0 spiro atoms. The third kappa shape index (κ3) is 2.54. The van der Waals surface area contributed by atoms with E-state index in [1.165, 1.54) is 44.2 Å². The number of anilines is 1. The van der Waals surface area contributed by atoms with E-state index in [1.807, 2.05) is 0 Å². The van der Waals surface area contributed by atoms with Gasteiger partial charge in [0.1, 0.15) is 0 Å². The number of hydrogen-bond donors (Lipinski definition) is 1. The van der Waals surface area contributed by atoms with Gasteiger partial charge in [-0.1, -0.05) is 31.0 Å². The molecule has 2 fully saturated rings. The maximum Gasteiger partial charge on any atom is 0.0342 e. The Bertz CT molecular complexity index is 360. The average Bonchev–Trinajstić information content (AvgIpc) is 2.50. The lowest BCUT2D eigenvalue weighted by Crippen LogP contribution is -2.49. The second-order valence-electron chi connectivity index (χ2n) is 5.94. The van der Waals surface area contributed by atoms with E-state index in [9.17, 15) is 0 Å². The van der Waals surface area contributed by atoms with Crippen LogP contribution in [0.5, 0.6) is 0 Å². The molecule has 1 aromatic rings. The number of nitrogens with zero attached hydrogens (tertiary/aromatic N) is 1. The van der Waals surface area contributed by atoms with Crippen molar-refractivity contribution < 1.29 is 0 Å². The van der Waals surface area contributed by atoms with Crippen LogP contribution in [0.2, 0.25) is 0 Å². The lowest BCUT2D eigenvalue weighted by atomic mass is 9.90. The molecule has 0 radical (unpaired) electrons. The van der Waals surface area contributed by atoms with Crippen molar-refractivity contribution in [3.05, 3.63) is 30.3 Å². The number of hydrogen-bond acceptors (Lipinski definition) is 2. The molecule has 2 atom stereocenters. The van der Waals surface area contributed by atoms with Crippen molar-refractivity contribution in [2.24, 2.45) is 0 Å². The first-order valence-corrected chi connectivity index (χ1v) is 7.36. The summed E-state index contributed by atoms with van der Waals surface area (Å²) in [6.45, 7) is 0. The van der Waals surface area contributed by atoms with Gasteiger partial charge in [-0.3, -0.25) is 0 Å². The molecule has 1 aromatic carbocycles. The average molecular weight is 244 g/mol. The van der Waals surface area contributed by atoms with Gasteiger partial charge < -0.3 is 10.2 Å². The van der Waals surface area contributed by atoms with E-state index >= 15 is 0 Å². The van der Waals surface area contributed by atoms with Crippen LogP contribution in [0.15, 0.2) is 30.3 Å². The SMILES string of the molecule is CN1C2CCCCC1CC(Nc1ccccc1)C2. The lowest BCUT2D eigenvalue weighted by Gasteiger charge is -2.42. The second-order valence-corrected chi connectivity index (χ2v) is 5.94. The van der Waals surface area contributed by atoms with Gasteiger partial charge in [0.05, 0.1) is 0 Å². The maximum atomic E-state index is 3.73. The number of fused-ring (bicyclic) bond motifs is 2. The Morgan fingerprint density at radius 2 is 1.61 bits per heavy atom. The number of benzene rings is 1. The molecule has 2 heterocycles. The van der Waals surface area contributed by atoms with Gasteiger partial charge in [0, 0.05) is 23.8 Å². The van der Waals surface area contributed by atoms with Crippen LogP contribution in [0.4, 0.5) is 5.69 Å². The Hall–Kier alpha value is -1.02. The maximum absolute atomic E-state index is 3.73. The van der Waals surface area contributed by atoms with Gasteiger partial charge in [0.2, 0.25) is 0 Å². The third-order valence-corrected chi connectivity index (χ3v) is 4.73. The molecule has 0 aromatic heterocycles. The molecule has 2 bridgehead atoms. The Balaban J connectivity index is 1.68. The molecule has 2 heteroatoms. The molecule has 18 heavy (non-hydrogen) atoms. The van der Waals surface area contributed by atoms with E-state index in [0.717, 1.165) is 12.1 Å². The summed E-state index contributed by atoms with van der Waals surface area (Å²) in [6.07, 6.45) is 8.23. The van der Waals surface area contributed by atoms with Crippen molar-refractivity contribution in [2.75, 3.05) is 12.4 Å². The molecule has 2 aliphatic heterocycles. The quantitative estimate of drug-likeness (QED) is 0.856. The van der Waals surface area contributed by atoms with Gasteiger partial charge in [-0.25, -0.2) is 0 Å². The van der Waals surface area contributed by atoms with E-state index < -0.39 is 0 Å². The first-order valence-electron chi connectivity index (χ1n) is 7.36. The van der Waals surface area contributed by atoms with Gasteiger partial charge in [-0.05, 0) is 44.9 Å². The van der Waals surface area contributed by atoms with Gasteiger partial charge >= 0.3 is 0 Å². The first-order chi connectivity index (χ1) is 8.83. The summed E-state index contributed by atoms with van der Waals surface area (Å²) < 4.78 is 0. The van der Waals surface area contributed by atoms with E-state index in [1.54, 1.807) is 0 Å². The van der Waals surface area contributed by atoms with Gasteiger partial charge in [0.25, 0.3) is 0 Å². The predicted molar refractivity (Wildman–Crippen MR) is 76.9 cm³/mol. The van der Waals surface area contributed by atoms with E-state index in [2.05, 4.69) is 47.6 Å². The van der Waals surface area contributed by atoms with Crippen LogP contribution < -0.4 is 5.32 Å². The van der Waals surface area contributed by atoms with E-state index in [-0.39, 0.29) is 0 Å². The first kappa shape index (κ1) is 12.0. The topological polar surface area (TPSA) is 15.3 Å². The molecular weight excluding hydrogens is 220 g/mol. The number of nitrogens with one attached hydrogen (secondary N) is 1. The number of piperidine rings is 1. The lowest BCUT2D eigenvalue weighted by molar-refractivity contribution is 0.110. The molecule has 2 aliphatic rings. The minimum absolute atomic E-state index is 0.664. The zero-order valence-electron chi connectivity index (χ0n) is 11.3. The fourth-order valence-electron chi connectivity index (χ4n) is 3.67. The van der Waals surface area contributed by atoms with Crippen LogP contribution in [0, 0.1) is 0 Å². The van der Waals surface area contributed by atoms with Gasteiger partial charge in [-0.15, -0.1) is 0 Å². The van der Waals surface area contributed by atoms with Crippen LogP contribution in [0.1, 0.15) is 38.5 Å². The fourth-order valence-corrected chi connectivity index (χ4v) is 3.67. The van der Waals surface area contributed by atoms with Crippen molar-refractivity contribution in [3.63, 3.8) is 0 Å². The predicted octanol–water partition coefficient (Wildman–Crippen LogP) is 3.50. The van der Waals surface area contributed by atoms with E-state index in [0.29, 0.717) is 6.04 Å². The van der Waals surface area contributed by atoms with Gasteiger partial charge in [0.15, 0.2) is 0 Å². The van der Waals surface area contributed by atoms with Crippen molar-refractivity contribution in [2.45, 2.75) is 56.7 Å². The van der Waals surface area contributed by atoms with Crippen LogP contribution >= 0.6 is 0 Å². The van der Waals surface area contributed by atoms with Crippen LogP contribution in [-0.4, -0.2) is 30.1 Å². The van der Waals surface area contributed by atoms with Crippen molar-refractivity contribution in [1.82, 2.24) is 4.90 Å². The molecule has 2 unspecified atom stereocenters. The highest BCUT2D eigenvalue weighted by molar-refractivity contribution is 5.43. The summed E-state index contributed by atoms with van der Waals surface area (Å²) in [7, 11) is 2.33. The van der Waals surface area contributed by atoms with Crippen LogP contribution in [-0.2, 0) is 0 Å². The molecule has 98 valence electrons. The zero-order valence-corrected chi connectivity index (χ0v) is 11.3. The van der Waals surface area contributed by atoms with Gasteiger partial charge in [-0.2, -0.15) is 0 Å². The third-order valence-electron chi connectivity index (χ3n) is 4.73. The molecule has 0 aliphatic carbocycles. The number of rotatable bonds is 2. The summed E-state index contributed by atoms with van der Waals surface area (Å²) in [6, 6.07) is 12.9. The molecule has 2 nitrogen and oxygen atoms in total. The van der Waals surface area contributed by atoms with Crippen LogP contribution in [0.25, 0.3) is 0 Å². The highest BCUT2D eigenvalue weighted by Gasteiger charge is 2.34. The summed E-state index contributed by atoms with van der Waals surface area (Å²) >= 11 is 0. The highest BCUT2D eigenvalue weighted by Crippen LogP contribution is 2.32. The minimum atomic E-state index is 0.664. The second kappa shape index (κ2) is 5.31. The summed E-state index contributed by atoms with van der Waals surface area (Å²) in [5.41, 5.74) is 1.28. The Morgan fingerprint density at radius 3 is 2.22 bits per heavy atom. The Kier molecular flexibility index (Phi) is 3.55. The zero-order chi connectivity index (χ0) is 12.4. The molecule has 0 amide bonds. The van der Waals surface area contributed by atoms with Crippen molar-refractivity contribution in [1.29, 1.82) is 0 Å². The molecule has 1 N–H and O–H groups in total. The van der Waals surface area contributed by atoms with E-state index in [4.69, 9.17) is 0 Å². The normalized spacial score (nSPS) is 32.8. The summed E-state index contributed by atoms with van der Waals surface area (Å²) in [5.74, 6) is 0. The molecule has 2 saturated heterocycles.